The lowest BCUT2D eigenvalue weighted by molar-refractivity contribution is -0.00180. The van der Waals surface area contributed by atoms with Crippen molar-refractivity contribution >= 4 is 5.69 Å². The maximum atomic E-state index is 5.81. The molecular weight excluding hydrogens is 236 g/mol. The molecule has 1 aromatic rings. The lowest BCUT2D eigenvalue weighted by Crippen LogP contribution is -2.39. The summed E-state index contributed by atoms with van der Waals surface area (Å²) in [5.74, 6) is 0. The molecule has 19 heavy (non-hydrogen) atoms. The molecule has 0 radical (unpaired) electrons. The molecule has 1 N–H and O–H groups in total. The third-order valence-corrected chi connectivity index (χ3v) is 4.16. The Labute approximate surface area is 115 Å². The molecule has 3 heteroatoms. The first-order valence-corrected chi connectivity index (χ1v) is 7.46. The molecule has 2 atom stereocenters. The van der Waals surface area contributed by atoms with Crippen LogP contribution in [0.25, 0.3) is 0 Å². The summed E-state index contributed by atoms with van der Waals surface area (Å²) in [4.78, 5) is 2.42. The Morgan fingerprint density at radius 2 is 2.16 bits per heavy atom. The van der Waals surface area contributed by atoms with Gasteiger partial charge in [0.25, 0.3) is 0 Å². The van der Waals surface area contributed by atoms with Crippen molar-refractivity contribution in [3.63, 3.8) is 0 Å². The molecule has 2 unspecified atom stereocenters. The van der Waals surface area contributed by atoms with Crippen molar-refractivity contribution in [2.45, 2.75) is 37.8 Å². The lowest BCUT2D eigenvalue weighted by Gasteiger charge is -2.29. The van der Waals surface area contributed by atoms with Gasteiger partial charge in [0.1, 0.15) is 0 Å². The van der Waals surface area contributed by atoms with Crippen LogP contribution in [0.3, 0.4) is 0 Å². The zero-order valence-electron chi connectivity index (χ0n) is 11.8. The van der Waals surface area contributed by atoms with E-state index in [0.717, 1.165) is 26.1 Å². The fraction of sp³-hybridized carbons (Fsp3) is 0.625. The first-order chi connectivity index (χ1) is 9.31. The highest BCUT2D eigenvalue weighted by molar-refractivity contribution is 5.56. The number of nitrogens with zero attached hydrogens (tertiary/aromatic N) is 1. The number of ether oxygens (including phenoxy) is 1. The topological polar surface area (TPSA) is 24.5 Å². The van der Waals surface area contributed by atoms with Crippen molar-refractivity contribution in [2.24, 2.45) is 0 Å². The second kappa shape index (κ2) is 5.93. The van der Waals surface area contributed by atoms with Crippen LogP contribution in [0.4, 0.5) is 5.69 Å². The summed E-state index contributed by atoms with van der Waals surface area (Å²) in [5, 5.41) is 3.62. The maximum absolute atomic E-state index is 5.81. The summed E-state index contributed by atoms with van der Waals surface area (Å²) >= 11 is 0. The van der Waals surface area contributed by atoms with Crippen LogP contribution in [0.5, 0.6) is 0 Å². The van der Waals surface area contributed by atoms with Crippen molar-refractivity contribution in [3.05, 3.63) is 29.8 Å². The van der Waals surface area contributed by atoms with E-state index in [1.54, 1.807) is 0 Å². The highest BCUT2D eigenvalue weighted by atomic mass is 16.5. The summed E-state index contributed by atoms with van der Waals surface area (Å²) < 4.78 is 5.81. The van der Waals surface area contributed by atoms with Crippen molar-refractivity contribution in [2.75, 3.05) is 32.1 Å². The molecule has 0 saturated carbocycles. The van der Waals surface area contributed by atoms with E-state index in [1.165, 1.54) is 30.5 Å². The number of fused-ring (bicyclic) bond motifs is 1. The van der Waals surface area contributed by atoms with Crippen LogP contribution in [-0.2, 0) is 11.2 Å². The van der Waals surface area contributed by atoms with E-state index in [1.807, 2.05) is 0 Å². The molecule has 0 spiro atoms. The van der Waals surface area contributed by atoms with Crippen LogP contribution in [0, 0.1) is 0 Å². The second-order valence-electron chi connectivity index (χ2n) is 5.91. The molecule has 3 nitrogen and oxygen atoms in total. The van der Waals surface area contributed by atoms with Gasteiger partial charge in [0.2, 0.25) is 0 Å². The summed E-state index contributed by atoms with van der Waals surface area (Å²) in [5.41, 5.74) is 2.77. The predicted octanol–water partition coefficient (Wildman–Crippen LogP) is 2.52. The minimum absolute atomic E-state index is 0.447. The van der Waals surface area contributed by atoms with E-state index in [0.29, 0.717) is 12.1 Å². The molecule has 1 fully saturated rings. The van der Waals surface area contributed by atoms with Crippen molar-refractivity contribution < 1.29 is 4.74 Å². The average molecular weight is 260 g/mol. The Kier molecular flexibility index (Phi) is 4.04. The number of rotatable bonds is 4. The van der Waals surface area contributed by atoms with Gasteiger partial charge in [-0.1, -0.05) is 18.2 Å². The second-order valence-corrected chi connectivity index (χ2v) is 5.91. The Morgan fingerprint density at radius 1 is 1.26 bits per heavy atom. The molecule has 2 heterocycles. The zero-order chi connectivity index (χ0) is 13.1. The van der Waals surface area contributed by atoms with Gasteiger partial charge in [-0.25, -0.2) is 0 Å². The van der Waals surface area contributed by atoms with Crippen LogP contribution < -0.4 is 5.32 Å². The standard InChI is InChI=1S/C16H24N2O/c1-18(12-15-7-4-5-9-19-15)11-14-10-13-6-2-3-8-16(13)17-14/h2-3,6,8,14-15,17H,4-5,7,9-12H2,1H3. The molecule has 0 aromatic heterocycles. The van der Waals surface area contributed by atoms with Gasteiger partial charge in [0, 0.05) is 31.4 Å². The third-order valence-electron chi connectivity index (χ3n) is 4.16. The Morgan fingerprint density at radius 3 is 2.95 bits per heavy atom. The first kappa shape index (κ1) is 12.9. The minimum atomic E-state index is 0.447. The molecule has 1 saturated heterocycles. The van der Waals surface area contributed by atoms with Crippen LogP contribution >= 0.6 is 0 Å². The van der Waals surface area contributed by atoms with Crippen molar-refractivity contribution in [1.82, 2.24) is 4.90 Å². The Hall–Kier alpha value is -1.06. The predicted molar refractivity (Wildman–Crippen MR) is 78.6 cm³/mol. The van der Waals surface area contributed by atoms with Gasteiger partial charge in [-0.15, -0.1) is 0 Å². The number of para-hydroxylation sites is 1. The lowest BCUT2D eigenvalue weighted by atomic mass is 10.1. The van der Waals surface area contributed by atoms with Crippen LogP contribution in [0.1, 0.15) is 24.8 Å². The largest absolute Gasteiger partial charge is 0.380 e. The van der Waals surface area contributed by atoms with Gasteiger partial charge in [-0.3, -0.25) is 0 Å². The summed E-state index contributed by atoms with van der Waals surface area (Å²) in [6.45, 7) is 3.11. The highest BCUT2D eigenvalue weighted by Crippen LogP contribution is 2.25. The summed E-state index contributed by atoms with van der Waals surface area (Å²) in [6, 6.07) is 9.19. The monoisotopic (exact) mass is 260 g/mol. The number of nitrogens with one attached hydrogen (secondary N) is 1. The quantitative estimate of drug-likeness (QED) is 0.900. The van der Waals surface area contributed by atoms with E-state index in [2.05, 4.69) is 41.5 Å². The summed E-state index contributed by atoms with van der Waals surface area (Å²) in [6.07, 6.45) is 5.38. The fourth-order valence-electron chi connectivity index (χ4n) is 3.24. The van der Waals surface area contributed by atoms with Gasteiger partial charge in [-0.05, 0) is 44.4 Å². The average Bonchev–Trinajstić information content (AvgIpc) is 2.81. The molecule has 2 aliphatic rings. The maximum Gasteiger partial charge on any atom is 0.0701 e. The molecule has 1 aromatic carbocycles. The Balaban J connectivity index is 1.47. The fourth-order valence-corrected chi connectivity index (χ4v) is 3.24. The number of anilines is 1. The normalized spacial score (nSPS) is 26.2. The van der Waals surface area contributed by atoms with Gasteiger partial charge >= 0.3 is 0 Å². The van der Waals surface area contributed by atoms with Crippen molar-refractivity contribution in [3.8, 4) is 0 Å². The van der Waals surface area contributed by atoms with E-state index in [4.69, 9.17) is 4.74 Å². The van der Waals surface area contributed by atoms with E-state index in [-0.39, 0.29) is 0 Å². The molecule has 0 bridgehead atoms. The smallest absolute Gasteiger partial charge is 0.0701 e. The summed E-state index contributed by atoms with van der Waals surface area (Å²) in [7, 11) is 2.21. The molecule has 104 valence electrons. The molecule has 2 aliphatic heterocycles. The SMILES string of the molecule is CN(CC1Cc2ccccc2N1)CC1CCCCO1. The number of hydrogen-bond acceptors (Lipinski definition) is 3. The third kappa shape index (κ3) is 3.28. The van der Waals surface area contributed by atoms with Gasteiger partial charge in [0.15, 0.2) is 0 Å². The van der Waals surface area contributed by atoms with Gasteiger partial charge < -0.3 is 15.0 Å². The Bertz CT molecular complexity index is 390. The number of benzene rings is 1. The van der Waals surface area contributed by atoms with Crippen LogP contribution in [-0.4, -0.2) is 43.8 Å². The molecule has 3 rings (SSSR count). The van der Waals surface area contributed by atoms with Gasteiger partial charge in [0.05, 0.1) is 6.10 Å². The van der Waals surface area contributed by atoms with Crippen molar-refractivity contribution in [1.29, 1.82) is 0 Å². The number of hydrogen-bond donors (Lipinski definition) is 1. The molecular formula is C16H24N2O. The van der Waals surface area contributed by atoms with Gasteiger partial charge in [-0.2, -0.15) is 0 Å². The van der Waals surface area contributed by atoms with E-state index >= 15 is 0 Å². The molecule has 0 aliphatic carbocycles. The van der Waals surface area contributed by atoms with E-state index in [9.17, 15) is 0 Å². The highest BCUT2D eigenvalue weighted by Gasteiger charge is 2.23. The molecule has 0 amide bonds. The van der Waals surface area contributed by atoms with E-state index < -0.39 is 0 Å². The van der Waals surface area contributed by atoms with Crippen LogP contribution in [0.15, 0.2) is 24.3 Å². The zero-order valence-corrected chi connectivity index (χ0v) is 11.8. The number of likely N-dealkylation sites (N-methyl/N-ethyl adjacent to an activating group) is 1. The minimum Gasteiger partial charge on any atom is -0.380 e. The first-order valence-electron chi connectivity index (χ1n) is 7.46. The van der Waals surface area contributed by atoms with Crippen LogP contribution in [0.2, 0.25) is 0 Å².